The fraction of sp³-hybridized carbons (Fsp3) is 0.435. The van der Waals surface area contributed by atoms with Gasteiger partial charge in [0.25, 0.3) is 5.91 Å². The highest BCUT2D eigenvalue weighted by Crippen LogP contribution is 2.26. The molecule has 0 saturated heterocycles. The lowest BCUT2D eigenvalue weighted by Crippen LogP contribution is -2.38. The highest BCUT2D eigenvalue weighted by Gasteiger charge is 2.19. The second kappa shape index (κ2) is 7.94. The van der Waals surface area contributed by atoms with Crippen LogP contribution in [0, 0.1) is 13.8 Å². The van der Waals surface area contributed by atoms with Gasteiger partial charge in [0.2, 0.25) is 0 Å². The van der Waals surface area contributed by atoms with Crippen LogP contribution in [0.25, 0.3) is 0 Å². The molecule has 3 rings (SSSR count). The number of carbonyl (C=O) groups is 1. The second-order valence-corrected chi connectivity index (χ2v) is 7.49. The van der Waals surface area contributed by atoms with Crippen LogP contribution in [0.2, 0.25) is 0 Å². The molecule has 2 atom stereocenters. The molecule has 1 amide bonds. The molecule has 0 fully saturated rings. The van der Waals surface area contributed by atoms with Gasteiger partial charge < -0.3 is 10.1 Å². The van der Waals surface area contributed by atoms with Gasteiger partial charge in [-0.05, 0) is 87.8 Å². The number of carbonyl (C=O) groups excluding carboxylic acids is 1. The molecule has 3 nitrogen and oxygen atoms in total. The van der Waals surface area contributed by atoms with Gasteiger partial charge >= 0.3 is 0 Å². The Morgan fingerprint density at radius 3 is 2.50 bits per heavy atom. The maximum Gasteiger partial charge on any atom is 0.261 e. The highest BCUT2D eigenvalue weighted by atomic mass is 16.5. The van der Waals surface area contributed by atoms with Crippen LogP contribution in [0.1, 0.15) is 60.5 Å². The maximum atomic E-state index is 12.6. The van der Waals surface area contributed by atoms with E-state index in [-0.39, 0.29) is 11.9 Å². The van der Waals surface area contributed by atoms with Crippen molar-refractivity contribution < 1.29 is 9.53 Å². The summed E-state index contributed by atoms with van der Waals surface area (Å²) in [6.07, 6.45) is 4.24. The standard InChI is InChI=1S/C23H29NO2/c1-15-9-10-16(2)22(13-15)17(3)24-23(25)18(4)26-21-12-11-19-7-5-6-8-20(19)14-21/h9-14,17-18H,5-8H2,1-4H3,(H,24,25)/t17-,18+/m1/s1. The molecule has 0 saturated carbocycles. The van der Waals surface area contributed by atoms with Gasteiger partial charge in [-0.3, -0.25) is 4.79 Å². The molecule has 0 spiro atoms. The number of hydrogen-bond acceptors (Lipinski definition) is 2. The first kappa shape index (κ1) is 18.5. The zero-order chi connectivity index (χ0) is 18.7. The number of hydrogen-bond donors (Lipinski definition) is 1. The molecule has 0 aromatic heterocycles. The third-order valence-corrected chi connectivity index (χ3v) is 5.26. The minimum Gasteiger partial charge on any atom is -0.481 e. The molecule has 1 aliphatic carbocycles. The van der Waals surface area contributed by atoms with Crippen molar-refractivity contribution in [3.63, 3.8) is 0 Å². The number of nitrogens with one attached hydrogen (secondary N) is 1. The smallest absolute Gasteiger partial charge is 0.261 e. The van der Waals surface area contributed by atoms with Crippen molar-refractivity contribution in [1.29, 1.82) is 0 Å². The zero-order valence-corrected chi connectivity index (χ0v) is 16.3. The lowest BCUT2D eigenvalue weighted by Gasteiger charge is -2.22. The van der Waals surface area contributed by atoms with Crippen molar-refractivity contribution in [2.45, 2.75) is 65.5 Å². The van der Waals surface area contributed by atoms with Gasteiger partial charge in [-0.1, -0.05) is 29.8 Å². The number of amides is 1. The van der Waals surface area contributed by atoms with Gasteiger partial charge in [0.1, 0.15) is 5.75 Å². The Hall–Kier alpha value is -2.29. The van der Waals surface area contributed by atoms with E-state index < -0.39 is 6.10 Å². The minimum atomic E-state index is -0.524. The molecule has 2 aromatic carbocycles. The van der Waals surface area contributed by atoms with Crippen LogP contribution in [0.5, 0.6) is 5.75 Å². The molecule has 1 aliphatic rings. The topological polar surface area (TPSA) is 38.3 Å². The molecular weight excluding hydrogens is 322 g/mol. The molecule has 26 heavy (non-hydrogen) atoms. The average Bonchev–Trinajstić information content (AvgIpc) is 2.63. The van der Waals surface area contributed by atoms with Gasteiger partial charge in [-0.15, -0.1) is 0 Å². The van der Waals surface area contributed by atoms with E-state index in [2.05, 4.69) is 49.5 Å². The summed E-state index contributed by atoms with van der Waals surface area (Å²) in [7, 11) is 0. The maximum absolute atomic E-state index is 12.6. The number of aryl methyl sites for hydroxylation is 4. The molecule has 0 radical (unpaired) electrons. The van der Waals surface area contributed by atoms with E-state index in [0.29, 0.717) is 0 Å². The molecule has 0 unspecified atom stereocenters. The molecular formula is C23H29NO2. The van der Waals surface area contributed by atoms with Crippen molar-refractivity contribution in [3.05, 3.63) is 64.2 Å². The van der Waals surface area contributed by atoms with Crippen LogP contribution in [0.4, 0.5) is 0 Å². The number of fused-ring (bicyclic) bond motifs is 1. The van der Waals surface area contributed by atoms with E-state index in [0.717, 1.165) is 24.2 Å². The Morgan fingerprint density at radius 2 is 1.73 bits per heavy atom. The lowest BCUT2D eigenvalue weighted by molar-refractivity contribution is -0.127. The fourth-order valence-corrected chi connectivity index (χ4v) is 3.68. The van der Waals surface area contributed by atoms with Crippen molar-refractivity contribution in [2.75, 3.05) is 0 Å². The predicted molar refractivity (Wildman–Crippen MR) is 106 cm³/mol. The van der Waals surface area contributed by atoms with Crippen LogP contribution in [-0.4, -0.2) is 12.0 Å². The Balaban J connectivity index is 1.63. The molecule has 0 aliphatic heterocycles. The van der Waals surface area contributed by atoms with Gasteiger partial charge in [0.15, 0.2) is 6.10 Å². The lowest BCUT2D eigenvalue weighted by atomic mass is 9.92. The minimum absolute atomic E-state index is 0.0445. The normalized spacial score (nSPS) is 15.7. The summed E-state index contributed by atoms with van der Waals surface area (Å²) in [6, 6.07) is 12.5. The summed E-state index contributed by atoms with van der Waals surface area (Å²) in [4.78, 5) is 12.6. The Morgan fingerprint density at radius 1 is 1.00 bits per heavy atom. The number of benzene rings is 2. The third kappa shape index (κ3) is 4.27. The van der Waals surface area contributed by atoms with Crippen LogP contribution in [0.15, 0.2) is 36.4 Å². The van der Waals surface area contributed by atoms with Gasteiger partial charge in [-0.2, -0.15) is 0 Å². The van der Waals surface area contributed by atoms with Crippen LogP contribution in [-0.2, 0) is 17.6 Å². The van der Waals surface area contributed by atoms with Crippen molar-refractivity contribution in [2.24, 2.45) is 0 Å². The molecule has 2 aromatic rings. The Labute approximate surface area is 156 Å². The van der Waals surface area contributed by atoms with Gasteiger partial charge in [0.05, 0.1) is 6.04 Å². The quantitative estimate of drug-likeness (QED) is 0.838. The summed E-state index contributed by atoms with van der Waals surface area (Å²) < 4.78 is 5.92. The van der Waals surface area contributed by atoms with Crippen LogP contribution < -0.4 is 10.1 Å². The first-order valence-electron chi connectivity index (χ1n) is 9.60. The average molecular weight is 351 g/mol. The molecule has 138 valence electrons. The largest absolute Gasteiger partial charge is 0.481 e. The Bertz CT molecular complexity index is 797. The van der Waals surface area contributed by atoms with E-state index in [4.69, 9.17) is 4.74 Å². The van der Waals surface area contributed by atoms with Crippen molar-refractivity contribution in [3.8, 4) is 5.75 Å². The summed E-state index contributed by atoms with van der Waals surface area (Å²) >= 11 is 0. The molecule has 3 heteroatoms. The van der Waals surface area contributed by atoms with Crippen LogP contribution in [0.3, 0.4) is 0 Å². The summed E-state index contributed by atoms with van der Waals surface area (Å²) in [6.45, 7) is 7.97. The van der Waals surface area contributed by atoms with Gasteiger partial charge in [0, 0.05) is 0 Å². The number of ether oxygens (including phenoxy) is 1. The first-order valence-corrected chi connectivity index (χ1v) is 9.60. The van der Waals surface area contributed by atoms with Crippen molar-refractivity contribution in [1.82, 2.24) is 5.32 Å². The fourth-order valence-electron chi connectivity index (χ4n) is 3.68. The zero-order valence-electron chi connectivity index (χ0n) is 16.3. The molecule has 0 heterocycles. The first-order chi connectivity index (χ1) is 12.4. The van der Waals surface area contributed by atoms with E-state index in [1.54, 1.807) is 0 Å². The van der Waals surface area contributed by atoms with E-state index >= 15 is 0 Å². The Kier molecular flexibility index (Phi) is 5.65. The number of rotatable bonds is 5. The highest BCUT2D eigenvalue weighted by molar-refractivity contribution is 5.81. The van der Waals surface area contributed by atoms with Crippen molar-refractivity contribution >= 4 is 5.91 Å². The second-order valence-electron chi connectivity index (χ2n) is 7.49. The monoisotopic (exact) mass is 351 g/mol. The van der Waals surface area contributed by atoms with E-state index in [1.807, 2.05) is 19.9 Å². The third-order valence-electron chi connectivity index (χ3n) is 5.26. The van der Waals surface area contributed by atoms with Gasteiger partial charge in [-0.25, -0.2) is 0 Å². The summed E-state index contributed by atoms with van der Waals surface area (Å²) in [5, 5.41) is 3.08. The summed E-state index contributed by atoms with van der Waals surface area (Å²) in [5.74, 6) is 0.698. The van der Waals surface area contributed by atoms with E-state index in [1.165, 1.54) is 35.1 Å². The SMILES string of the molecule is Cc1ccc(C)c([C@@H](C)NC(=O)[C@H](C)Oc2ccc3c(c2)CCCC3)c1. The molecule has 1 N–H and O–H groups in total. The van der Waals surface area contributed by atoms with E-state index in [9.17, 15) is 4.79 Å². The predicted octanol–water partition coefficient (Wildman–Crippen LogP) is 4.83. The van der Waals surface area contributed by atoms with Crippen LogP contribution >= 0.6 is 0 Å². The molecule has 0 bridgehead atoms. The summed E-state index contributed by atoms with van der Waals surface area (Å²) in [5.41, 5.74) is 6.32.